The molecule has 0 saturated carbocycles. The molecule has 2 heteroatoms. The molecular formula is C28H60BrP. The van der Waals surface area contributed by atoms with Crippen LogP contribution in [0, 0.1) is 5.92 Å². The third-order valence-electron chi connectivity index (χ3n) is 6.94. The molecule has 184 valence electrons. The first-order valence-corrected chi connectivity index (χ1v) is 14.6. The molecule has 0 bridgehead atoms. The zero-order valence-electron chi connectivity index (χ0n) is 21.7. The zero-order valence-corrected chi connectivity index (χ0v) is 24.7. The van der Waals surface area contributed by atoms with Gasteiger partial charge in [-0.15, -0.1) is 0 Å². The molecule has 0 aromatic heterocycles. The molecule has 0 nitrogen and oxygen atoms in total. The largest absolute Gasteiger partial charge is 0.153 e. The van der Waals surface area contributed by atoms with Crippen LogP contribution >= 0.6 is 25.8 Å². The highest BCUT2D eigenvalue weighted by Crippen LogP contribution is 2.43. The monoisotopic (exact) mass is 506 g/mol. The molecule has 0 fully saturated rings. The van der Waals surface area contributed by atoms with Crippen molar-refractivity contribution in [1.82, 2.24) is 0 Å². The Kier molecular flexibility index (Phi) is 27.1. The summed E-state index contributed by atoms with van der Waals surface area (Å²) in [7, 11) is 0. The molecule has 0 rings (SSSR count). The van der Waals surface area contributed by atoms with Gasteiger partial charge in [0, 0.05) is 4.32 Å². The second kappa shape index (κ2) is 24.6. The predicted octanol–water partition coefficient (Wildman–Crippen LogP) is 11.5. The molecule has 0 aliphatic rings. The van der Waals surface area contributed by atoms with Gasteiger partial charge in [0.25, 0.3) is 0 Å². The summed E-state index contributed by atoms with van der Waals surface area (Å²) >= 11 is 4.32. The topological polar surface area (TPSA) is 0 Å². The number of rotatable bonds is 23. The van der Waals surface area contributed by atoms with Crippen molar-refractivity contribution in [2.75, 3.05) is 0 Å². The minimum atomic E-state index is 0. The smallest absolute Gasteiger partial charge is 0.0286 e. The van der Waals surface area contributed by atoms with Gasteiger partial charge in [-0.1, -0.05) is 159 Å². The van der Waals surface area contributed by atoms with Gasteiger partial charge >= 0.3 is 0 Å². The second-order valence-corrected chi connectivity index (χ2v) is 11.3. The van der Waals surface area contributed by atoms with E-state index in [1.165, 1.54) is 141 Å². The van der Waals surface area contributed by atoms with Crippen LogP contribution in [-0.4, -0.2) is 4.32 Å². The SMILES string of the molecule is CCCCCCCCCCCCCCC(CCCC)C(Br)(CCCC)CCCC.P. The summed E-state index contributed by atoms with van der Waals surface area (Å²) in [6.07, 6.45) is 31.3. The minimum absolute atomic E-state index is 0. The van der Waals surface area contributed by atoms with E-state index in [2.05, 4.69) is 43.6 Å². The molecule has 0 radical (unpaired) electrons. The van der Waals surface area contributed by atoms with E-state index in [-0.39, 0.29) is 9.90 Å². The van der Waals surface area contributed by atoms with Crippen molar-refractivity contribution in [3.63, 3.8) is 0 Å². The highest BCUT2D eigenvalue weighted by atomic mass is 79.9. The maximum absolute atomic E-state index is 4.32. The van der Waals surface area contributed by atoms with Crippen molar-refractivity contribution in [3.05, 3.63) is 0 Å². The third kappa shape index (κ3) is 18.5. The van der Waals surface area contributed by atoms with Crippen LogP contribution in [0.2, 0.25) is 0 Å². The Bertz CT molecular complexity index is 310. The maximum Gasteiger partial charge on any atom is 0.0286 e. The molecule has 0 saturated heterocycles. The normalized spacial score (nSPS) is 12.7. The number of alkyl halides is 1. The van der Waals surface area contributed by atoms with E-state index in [1.807, 2.05) is 0 Å². The van der Waals surface area contributed by atoms with E-state index < -0.39 is 0 Å². The first-order valence-electron chi connectivity index (χ1n) is 13.8. The second-order valence-electron chi connectivity index (χ2n) is 9.76. The Morgan fingerprint density at radius 2 is 0.800 bits per heavy atom. The first-order chi connectivity index (χ1) is 14.1. The number of hydrogen-bond donors (Lipinski definition) is 0. The van der Waals surface area contributed by atoms with E-state index in [1.54, 1.807) is 0 Å². The molecule has 0 aliphatic carbocycles. The van der Waals surface area contributed by atoms with Gasteiger partial charge in [0.1, 0.15) is 0 Å². The highest BCUT2D eigenvalue weighted by Gasteiger charge is 2.34. The molecule has 30 heavy (non-hydrogen) atoms. The molecule has 0 aliphatic heterocycles. The van der Waals surface area contributed by atoms with Gasteiger partial charge in [0.05, 0.1) is 0 Å². The van der Waals surface area contributed by atoms with Crippen LogP contribution in [0.3, 0.4) is 0 Å². The van der Waals surface area contributed by atoms with Crippen LogP contribution in [0.1, 0.15) is 169 Å². The molecular weight excluding hydrogens is 447 g/mol. The van der Waals surface area contributed by atoms with Crippen LogP contribution < -0.4 is 0 Å². The van der Waals surface area contributed by atoms with E-state index >= 15 is 0 Å². The quantitative estimate of drug-likeness (QED) is 0.0733. The van der Waals surface area contributed by atoms with Crippen LogP contribution in [0.5, 0.6) is 0 Å². The maximum atomic E-state index is 4.32. The molecule has 2 unspecified atom stereocenters. The van der Waals surface area contributed by atoms with Crippen molar-refractivity contribution in [1.29, 1.82) is 0 Å². The molecule has 0 N–H and O–H groups in total. The lowest BCUT2D eigenvalue weighted by molar-refractivity contribution is 0.282. The molecule has 2 atom stereocenters. The average molecular weight is 508 g/mol. The fraction of sp³-hybridized carbons (Fsp3) is 1.00. The van der Waals surface area contributed by atoms with Crippen LogP contribution in [0.4, 0.5) is 0 Å². The van der Waals surface area contributed by atoms with Gasteiger partial charge in [-0.3, -0.25) is 0 Å². The Labute approximate surface area is 204 Å². The van der Waals surface area contributed by atoms with E-state index in [9.17, 15) is 0 Å². The minimum Gasteiger partial charge on any atom is -0.153 e. The van der Waals surface area contributed by atoms with Crippen LogP contribution in [0.25, 0.3) is 0 Å². The van der Waals surface area contributed by atoms with Gasteiger partial charge in [-0.05, 0) is 31.6 Å². The van der Waals surface area contributed by atoms with Crippen LogP contribution in [-0.2, 0) is 0 Å². The lowest BCUT2D eigenvalue weighted by Gasteiger charge is -2.37. The summed E-state index contributed by atoms with van der Waals surface area (Å²) in [5.41, 5.74) is 0. The number of halogens is 1. The van der Waals surface area contributed by atoms with Gasteiger partial charge in [0.2, 0.25) is 0 Å². The Morgan fingerprint density at radius 1 is 0.467 bits per heavy atom. The lowest BCUT2D eigenvalue weighted by atomic mass is 9.78. The van der Waals surface area contributed by atoms with Crippen molar-refractivity contribution in [3.8, 4) is 0 Å². The van der Waals surface area contributed by atoms with Crippen molar-refractivity contribution in [2.45, 2.75) is 173 Å². The average Bonchev–Trinajstić information content (AvgIpc) is 2.73. The van der Waals surface area contributed by atoms with Crippen molar-refractivity contribution >= 4 is 25.8 Å². The molecule has 0 aromatic rings. The summed E-state index contributed by atoms with van der Waals surface area (Å²) in [5.74, 6) is 0.892. The summed E-state index contributed by atoms with van der Waals surface area (Å²) in [6, 6.07) is 0. The third-order valence-corrected chi connectivity index (χ3v) is 8.38. The van der Waals surface area contributed by atoms with Crippen molar-refractivity contribution < 1.29 is 0 Å². The highest BCUT2D eigenvalue weighted by molar-refractivity contribution is 9.10. The molecule has 0 amide bonds. The van der Waals surface area contributed by atoms with Gasteiger partial charge in [0.15, 0.2) is 0 Å². The Balaban J connectivity index is 0. The fourth-order valence-electron chi connectivity index (χ4n) is 4.82. The summed E-state index contributed by atoms with van der Waals surface area (Å²) in [5, 5.41) is 0. The fourth-order valence-corrected chi connectivity index (χ4v) is 5.84. The number of hydrogen-bond acceptors (Lipinski definition) is 0. The first kappa shape index (κ1) is 33.1. The lowest BCUT2D eigenvalue weighted by Crippen LogP contribution is -2.32. The summed E-state index contributed by atoms with van der Waals surface area (Å²) in [4.78, 5) is 0. The molecule has 0 spiro atoms. The van der Waals surface area contributed by atoms with Gasteiger partial charge in [-0.2, -0.15) is 9.90 Å². The molecule has 0 heterocycles. The standard InChI is InChI=1S/C28H57Br.H3P/c1-5-9-13-14-15-16-17-18-19-20-21-22-24-27(23-10-6-2)28(29,25-11-7-3)26-12-8-4;/h27H,5-26H2,1-4H3;1H3. The predicted molar refractivity (Wildman–Crippen MR) is 151 cm³/mol. The summed E-state index contributed by atoms with van der Waals surface area (Å²) in [6.45, 7) is 9.36. The number of unbranched alkanes of at least 4 members (excludes halogenated alkanes) is 14. The summed E-state index contributed by atoms with van der Waals surface area (Å²) < 4.78 is 0.423. The van der Waals surface area contributed by atoms with Crippen LogP contribution in [0.15, 0.2) is 0 Å². The van der Waals surface area contributed by atoms with E-state index in [0.717, 1.165) is 5.92 Å². The van der Waals surface area contributed by atoms with Gasteiger partial charge in [-0.25, -0.2) is 0 Å². The Hall–Kier alpha value is 0.910. The van der Waals surface area contributed by atoms with Gasteiger partial charge < -0.3 is 0 Å². The Morgan fingerprint density at radius 3 is 1.20 bits per heavy atom. The molecule has 0 aromatic carbocycles. The zero-order chi connectivity index (χ0) is 21.6. The van der Waals surface area contributed by atoms with E-state index in [0.29, 0.717) is 4.32 Å². The van der Waals surface area contributed by atoms with E-state index in [4.69, 9.17) is 0 Å². The van der Waals surface area contributed by atoms with Crippen molar-refractivity contribution in [2.24, 2.45) is 5.92 Å².